The zero-order valence-corrected chi connectivity index (χ0v) is 13.0. The van der Waals surface area contributed by atoms with Crippen molar-refractivity contribution in [1.29, 1.82) is 0 Å². The van der Waals surface area contributed by atoms with E-state index in [4.69, 9.17) is 4.42 Å². The van der Waals surface area contributed by atoms with Gasteiger partial charge in [0.15, 0.2) is 5.76 Å². The Kier molecular flexibility index (Phi) is 7.15. The number of nitrogens with one attached hydrogen (secondary N) is 2. The number of rotatable bonds is 8. The number of carbonyl (C=O) groups is 3. The van der Waals surface area contributed by atoms with Crippen molar-refractivity contribution in [2.24, 2.45) is 5.92 Å². The summed E-state index contributed by atoms with van der Waals surface area (Å²) in [6, 6.07) is 2.53. The first-order valence-corrected chi connectivity index (χ1v) is 7.14. The summed E-state index contributed by atoms with van der Waals surface area (Å²) >= 11 is 0. The third kappa shape index (κ3) is 5.59. The second-order valence-corrected chi connectivity index (χ2v) is 5.15. The quantitative estimate of drug-likeness (QED) is 0.553. The third-order valence-electron chi connectivity index (χ3n) is 3.05. The number of esters is 1. The van der Waals surface area contributed by atoms with Crippen molar-refractivity contribution >= 4 is 17.8 Å². The summed E-state index contributed by atoms with van der Waals surface area (Å²) in [4.78, 5) is 34.9. The topological polar surface area (TPSA) is 97.6 Å². The second kappa shape index (κ2) is 8.86. The molecule has 2 N–H and O–H groups in total. The summed E-state index contributed by atoms with van der Waals surface area (Å²) in [6.07, 6.45) is 2.09. The van der Waals surface area contributed by atoms with Crippen molar-refractivity contribution in [2.45, 2.75) is 32.7 Å². The normalized spacial score (nSPS) is 11.8. The van der Waals surface area contributed by atoms with Crippen LogP contribution in [0.1, 0.15) is 37.2 Å². The summed E-state index contributed by atoms with van der Waals surface area (Å²) in [6.45, 7) is 3.99. The molecule has 1 heterocycles. The highest BCUT2D eigenvalue weighted by atomic mass is 16.5. The third-order valence-corrected chi connectivity index (χ3v) is 3.05. The molecule has 0 saturated heterocycles. The monoisotopic (exact) mass is 310 g/mol. The maximum absolute atomic E-state index is 11.8. The van der Waals surface area contributed by atoms with Crippen LogP contribution in [0.4, 0.5) is 0 Å². The predicted molar refractivity (Wildman–Crippen MR) is 79.1 cm³/mol. The molecule has 2 amide bonds. The Morgan fingerprint density at radius 1 is 1.32 bits per heavy atom. The van der Waals surface area contributed by atoms with Crippen LogP contribution in [0.15, 0.2) is 22.8 Å². The van der Waals surface area contributed by atoms with E-state index in [-0.39, 0.29) is 29.9 Å². The molecule has 0 fully saturated rings. The van der Waals surface area contributed by atoms with Gasteiger partial charge in [0.2, 0.25) is 5.91 Å². The van der Waals surface area contributed by atoms with Crippen molar-refractivity contribution in [3.05, 3.63) is 24.2 Å². The molecule has 1 atom stereocenters. The second-order valence-electron chi connectivity index (χ2n) is 5.15. The van der Waals surface area contributed by atoms with E-state index in [1.807, 2.05) is 13.8 Å². The largest absolute Gasteiger partial charge is 0.467 e. The van der Waals surface area contributed by atoms with Crippen LogP contribution in [-0.2, 0) is 14.3 Å². The molecule has 0 aliphatic heterocycles. The fraction of sp³-hybridized carbons (Fsp3) is 0.533. The molecular formula is C15H22N2O5. The average Bonchev–Trinajstić information content (AvgIpc) is 3.02. The van der Waals surface area contributed by atoms with E-state index in [1.54, 1.807) is 12.1 Å². The van der Waals surface area contributed by atoms with Gasteiger partial charge in [-0.15, -0.1) is 0 Å². The van der Waals surface area contributed by atoms with E-state index >= 15 is 0 Å². The SMILES string of the molecule is COC(=O)C(NC(=O)CCCNC(=O)c1ccco1)C(C)C. The number of carbonyl (C=O) groups excluding carboxylic acids is 3. The molecule has 22 heavy (non-hydrogen) atoms. The molecular weight excluding hydrogens is 288 g/mol. The van der Waals surface area contributed by atoms with E-state index in [1.165, 1.54) is 13.4 Å². The summed E-state index contributed by atoms with van der Waals surface area (Å²) in [5, 5.41) is 5.28. The maximum atomic E-state index is 11.8. The highest BCUT2D eigenvalue weighted by Crippen LogP contribution is 2.04. The molecule has 0 bridgehead atoms. The predicted octanol–water partition coefficient (Wildman–Crippen LogP) is 1.10. The Morgan fingerprint density at radius 3 is 2.59 bits per heavy atom. The number of hydrogen-bond donors (Lipinski definition) is 2. The van der Waals surface area contributed by atoms with Crippen LogP contribution < -0.4 is 10.6 Å². The van der Waals surface area contributed by atoms with Crippen LogP contribution in [0.3, 0.4) is 0 Å². The highest BCUT2D eigenvalue weighted by molar-refractivity contribution is 5.91. The lowest BCUT2D eigenvalue weighted by molar-refractivity contribution is -0.146. The maximum Gasteiger partial charge on any atom is 0.328 e. The molecule has 7 heteroatoms. The molecule has 1 unspecified atom stereocenters. The van der Waals surface area contributed by atoms with Crippen molar-refractivity contribution in [3.63, 3.8) is 0 Å². The van der Waals surface area contributed by atoms with Crippen LogP contribution >= 0.6 is 0 Å². The molecule has 0 aromatic carbocycles. The molecule has 1 rings (SSSR count). The van der Waals surface area contributed by atoms with Gasteiger partial charge in [-0.1, -0.05) is 13.8 Å². The van der Waals surface area contributed by atoms with E-state index in [0.717, 1.165) is 0 Å². The minimum Gasteiger partial charge on any atom is -0.467 e. The summed E-state index contributed by atoms with van der Waals surface area (Å²) < 4.78 is 9.60. The molecule has 122 valence electrons. The Labute approximate surface area is 129 Å². The molecule has 0 aliphatic rings. The van der Waals surface area contributed by atoms with Gasteiger partial charge in [-0.2, -0.15) is 0 Å². The first-order chi connectivity index (χ1) is 10.5. The van der Waals surface area contributed by atoms with E-state index in [2.05, 4.69) is 15.4 Å². The van der Waals surface area contributed by atoms with E-state index in [0.29, 0.717) is 13.0 Å². The fourth-order valence-corrected chi connectivity index (χ4v) is 1.82. The average molecular weight is 310 g/mol. The number of methoxy groups -OCH3 is 1. The zero-order chi connectivity index (χ0) is 16.5. The molecule has 0 spiro atoms. The number of hydrogen-bond acceptors (Lipinski definition) is 5. The Balaban J connectivity index is 2.28. The van der Waals surface area contributed by atoms with Gasteiger partial charge in [-0.05, 0) is 24.5 Å². The number of ether oxygens (including phenoxy) is 1. The fourth-order valence-electron chi connectivity index (χ4n) is 1.82. The van der Waals surface area contributed by atoms with Gasteiger partial charge in [0.05, 0.1) is 13.4 Å². The molecule has 1 aromatic rings. The Hall–Kier alpha value is -2.31. The van der Waals surface area contributed by atoms with Crippen LogP contribution in [0.25, 0.3) is 0 Å². The number of furan rings is 1. The van der Waals surface area contributed by atoms with Gasteiger partial charge in [0.1, 0.15) is 6.04 Å². The van der Waals surface area contributed by atoms with Crippen LogP contribution in [-0.4, -0.2) is 37.5 Å². The van der Waals surface area contributed by atoms with Gasteiger partial charge in [0, 0.05) is 13.0 Å². The lowest BCUT2D eigenvalue weighted by Gasteiger charge is -2.19. The van der Waals surface area contributed by atoms with Crippen LogP contribution in [0.5, 0.6) is 0 Å². The highest BCUT2D eigenvalue weighted by Gasteiger charge is 2.24. The van der Waals surface area contributed by atoms with Crippen molar-refractivity contribution in [2.75, 3.05) is 13.7 Å². The summed E-state index contributed by atoms with van der Waals surface area (Å²) in [7, 11) is 1.29. The van der Waals surface area contributed by atoms with Crippen LogP contribution in [0.2, 0.25) is 0 Å². The molecule has 1 aromatic heterocycles. The van der Waals surface area contributed by atoms with Gasteiger partial charge < -0.3 is 19.8 Å². The first-order valence-electron chi connectivity index (χ1n) is 7.14. The Bertz CT molecular complexity index is 496. The van der Waals surface area contributed by atoms with Crippen LogP contribution in [0, 0.1) is 5.92 Å². The first kappa shape index (κ1) is 17.7. The van der Waals surface area contributed by atoms with Crippen molar-refractivity contribution in [1.82, 2.24) is 10.6 Å². The van der Waals surface area contributed by atoms with E-state index in [9.17, 15) is 14.4 Å². The molecule has 7 nitrogen and oxygen atoms in total. The van der Waals surface area contributed by atoms with Gasteiger partial charge in [0.25, 0.3) is 5.91 Å². The van der Waals surface area contributed by atoms with Gasteiger partial charge >= 0.3 is 5.97 Å². The minimum absolute atomic E-state index is 0.0601. The smallest absolute Gasteiger partial charge is 0.328 e. The van der Waals surface area contributed by atoms with E-state index < -0.39 is 12.0 Å². The zero-order valence-electron chi connectivity index (χ0n) is 13.0. The Morgan fingerprint density at radius 2 is 2.05 bits per heavy atom. The van der Waals surface area contributed by atoms with Crippen molar-refractivity contribution < 1.29 is 23.5 Å². The van der Waals surface area contributed by atoms with Crippen molar-refractivity contribution in [3.8, 4) is 0 Å². The van der Waals surface area contributed by atoms with Gasteiger partial charge in [-0.25, -0.2) is 4.79 Å². The standard InChI is InChI=1S/C15H22N2O5/c1-10(2)13(15(20)21-3)17-12(18)7-4-8-16-14(19)11-6-5-9-22-11/h5-6,9-10,13H,4,7-8H2,1-3H3,(H,16,19)(H,17,18). The lowest BCUT2D eigenvalue weighted by Crippen LogP contribution is -2.45. The lowest BCUT2D eigenvalue weighted by atomic mass is 10.0. The molecule has 0 saturated carbocycles. The summed E-state index contributed by atoms with van der Waals surface area (Å²) in [5.41, 5.74) is 0. The molecule has 0 radical (unpaired) electrons. The molecule has 0 aliphatic carbocycles. The summed E-state index contributed by atoms with van der Waals surface area (Å²) in [5.74, 6) is -0.865. The minimum atomic E-state index is -0.657. The van der Waals surface area contributed by atoms with Gasteiger partial charge in [-0.3, -0.25) is 9.59 Å². The number of amides is 2.